The normalized spacial score (nSPS) is 22.0. The molecule has 148 valence electrons. The molecule has 2 saturated heterocycles. The molecule has 4 amide bonds. The van der Waals surface area contributed by atoms with E-state index in [1.165, 1.54) is 0 Å². The number of anilines is 1. The van der Waals surface area contributed by atoms with Gasteiger partial charge in [0, 0.05) is 6.54 Å². The van der Waals surface area contributed by atoms with E-state index in [2.05, 4.69) is 30.7 Å². The van der Waals surface area contributed by atoms with Gasteiger partial charge in [-0.1, -0.05) is 5.10 Å². The fourth-order valence-electron chi connectivity index (χ4n) is 2.82. The van der Waals surface area contributed by atoms with Crippen molar-refractivity contribution in [3.63, 3.8) is 0 Å². The van der Waals surface area contributed by atoms with Gasteiger partial charge in [-0.3, -0.25) is 25.0 Å². The number of fused-ring (bicyclic) bond motifs is 2. The van der Waals surface area contributed by atoms with Crippen LogP contribution in [0.15, 0.2) is 0 Å². The molecule has 17 heteroatoms. The van der Waals surface area contributed by atoms with Crippen LogP contribution in [-0.2, 0) is 30.8 Å². The number of piperidine rings is 1. The molecule has 0 unspecified atom stereocenters. The fourth-order valence-corrected chi connectivity index (χ4v) is 3.21. The highest BCUT2D eigenvalue weighted by Crippen LogP contribution is 2.30. The highest BCUT2D eigenvalue weighted by Gasteiger charge is 2.49. The average molecular weight is 405 g/mol. The first-order valence-corrected chi connectivity index (χ1v) is 8.89. The molecule has 3 heterocycles. The number of carbonyl (C=O) groups excluding carboxylic acids is 3. The molecule has 1 aromatic rings. The van der Waals surface area contributed by atoms with E-state index in [1.54, 1.807) is 0 Å². The van der Waals surface area contributed by atoms with E-state index in [9.17, 15) is 22.8 Å². The summed E-state index contributed by atoms with van der Waals surface area (Å²) >= 11 is 0. The van der Waals surface area contributed by atoms with Crippen molar-refractivity contribution in [3.05, 3.63) is 0 Å². The van der Waals surface area contributed by atoms with Gasteiger partial charge >= 0.3 is 16.4 Å². The van der Waals surface area contributed by atoms with Crippen molar-refractivity contribution in [3.8, 4) is 0 Å². The molecule has 1 aromatic heterocycles. The Bertz CT molecular complexity index is 870. The zero-order chi connectivity index (χ0) is 19.8. The maximum atomic E-state index is 12.3. The summed E-state index contributed by atoms with van der Waals surface area (Å²) < 4.78 is 35.7. The molecule has 0 aromatic carbocycles. The van der Waals surface area contributed by atoms with Crippen LogP contribution in [0.4, 0.5) is 10.7 Å². The standard InChI is InChI=1S/C10H15N9O7S/c11-9-14-15-16-18(9)4-7(20)12-13-8(21)6-2-1-5-3-17(6)10(22)19(5)26-27(23,24)25/h5-6H,1-4H2,(H,12,20)(H,13,21)(H2,11,14,16)(H,23,24,25)/t5-,6-/m0/s1. The van der Waals surface area contributed by atoms with E-state index < -0.39 is 40.3 Å². The van der Waals surface area contributed by atoms with Crippen molar-refractivity contribution in [1.82, 2.24) is 41.0 Å². The molecule has 0 radical (unpaired) electrons. The number of hydrogen-bond donors (Lipinski definition) is 4. The predicted octanol–water partition coefficient (Wildman–Crippen LogP) is -3.59. The Balaban J connectivity index is 1.56. The average Bonchev–Trinajstić information content (AvgIpc) is 3.09. The predicted molar refractivity (Wildman–Crippen MR) is 81.9 cm³/mol. The van der Waals surface area contributed by atoms with Gasteiger partial charge in [0.15, 0.2) is 0 Å². The Hall–Kier alpha value is -3.05. The van der Waals surface area contributed by atoms with E-state index in [0.717, 1.165) is 9.58 Å². The second-order valence-corrected chi connectivity index (χ2v) is 6.75. The number of amides is 4. The van der Waals surface area contributed by atoms with Crippen molar-refractivity contribution < 1.29 is 31.6 Å². The zero-order valence-electron chi connectivity index (χ0n) is 13.5. The van der Waals surface area contributed by atoms with E-state index in [0.29, 0.717) is 5.06 Å². The Kier molecular flexibility index (Phi) is 4.81. The Labute approximate surface area is 151 Å². The lowest BCUT2D eigenvalue weighted by Gasteiger charge is -2.29. The minimum atomic E-state index is -4.87. The fraction of sp³-hybridized carbons (Fsp3) is 0.600. The summed E-state index contributed by atoms with van der Waals surface area (Å²) in [6, 6.07) is -2.47. The molecule has 0 saturated carbocycles. The van der Waals surface area contributed by atoms with Crippen LogP contribution in [0.2, 0.25) is 0 Å². The Morgan fingerprint density at radius 1 is 1.33 bits per heavy atom. The molecule has 2 atom stereocenters. The van der Waals surface area contributed by atoms with Crippen molar-refractivity contribution in [1.29, 1.82) is 0 Å². The third-order valence-corrected chi connectivity index (χ3v) is 4.33. The van der Waals surface area contributed by atoms with Crippen LogP contribution in [-0.4, -0.2) is 79.6 Å². The number of hydroxylamine groups is 2. The van der Waals surface area contributed by atoms with Crippen molar-refractivity contribution in [2.24, 2.45) is 0 Å². The number of nitrogens with zero attached hydrogens (tertiary/aromatic N) is 6. The first-order chi connectivity index (χ1) is 12.7. The molecule has 0 aliphatic carbocycles. The van der Waals surface area contributed by atoms with Gasteiger partial charge in [0.25, 0.3) is 11.8 Å². The lowest BCUT2D eigenvalue weighted by Crippen LogP contribution is -2.54. The molecule has 3 rings (SSSR count). The second-order valence-electron chi connectivity index (χ2n) is 5.74. The second kappa shape index (κ2) is 6.93. The van der Waals surface area contributed by atoms with Crippen LogP contribution >= 0.6 is 0 Å². The van der Waals surface area contributed by atoms with Gasteiger partial charge in [0.2, 0.25) is 5.95 Å². The van der Waals surface area contributed by atoms with Gasteiger partial charge in [-0.15, -0.1) is 4.28 Å². The van der Waals surface area contributed by atoms with Crippen molar-refractivity contribution >= 4 is 34.2 Å². The minimum Gasteiger partial charge on any atom is -0.367 e. The number of urea groups is 1. The number of carbonyl (C=O) groups is 3. The number of aromatic nitrogens is 4. The molecule has 2 aliphatic rings. The minimum absolute atomic E-state index is 0.0293. The maximum Gasteiger partial charge on any atom is 0.418 e. The van der Waals surface area contributed by atoms with Crippen molar-refractivity contribution in [2.75, 3.05) is 12.3 Å². The topological polar surface area (TPSA) is 215 Å². The largest absolute Gasteiger partial charge is 0.418 e. The smallest absolute Gasteiger partial charge is 0.367 e. The highest BCUT2D eigenvalue weighted by molar-refractivity contribution is 7.80. The van der Waals surface area contributed by atoms with Gasteiger partial charge in [0.1, 0.15) is 12.6 Å². The van der Waals surface area contributed by atoms with E-state index >= 15 is 0 Å². The summed E-state index contributed by atoms with van der Waals surface area (Å²) in [5, 5.41) is 10.6. The van der Waals surface area contributed by atoms with Crippen LogP contribution < -0.4 is 16.6 Å². The Morgan fingerprint density at radius 3 is 2.70 bits per heavy atom. The Morgan fingerprint density at radius 2 is 2.07 bits per heavy atom. The van der Waals surface area contributed by atoms with E-state index in [1.807, 2.05) is 0 Å². The van der Waals surface area contributed by atoms with Gasteiger partial charge in [0.05, 0.1) is 6.04 Å². The molecule has 2 aliphatic heterocycles. The van der Waals surface area contributed by atoms with Crippen LogP contribution in [0.3, 0.4) is 0 Å². The number of nitrogens with two attached hydrogens (primary N) is 1. The van der Waals surface area contributed by atoms with Gasteiger partial charge in [-0.05, 0) is 23.3 Å². The zero-order valence-corrected chi connectivity index (χ0v) is 14.4. The van der Waals surface area contributed by atoms with Crippen molar-refractivity contribution in [2.45, 2.75) is 31.5 Å². The number of rotatable bonds is 5. The molecule has 2 fully saturated rings. The number of hydrogen-bond acceptors (Lipinski definition) is 10. The van der Waals surface area contributed by atoms with Gasteiger partial charge in [-0.2, -0.15) is 13.5 Å². The van der Waals surface area contributed by atoms with Crippen LogP contribution in [0, 0.1) is 0 Å². The number of nitrogen functional groups attached to an aromatic ring is 1. The lowest BCUT2D eigenvalue weighted by molar-refractivity contribution is -0.132. The first-order valence-electron chi connectivity index (χ1n) is 7.53. The van der Waals surface area contributed by atoms with Crippen LogP contribution in [0.1, 0.15) is 12.8 Å². The monoisotopic (exact) mass is 405 g/mol. The third-order valence-electron chi connectivity index (χ3n) is 3.98. The molecular formula is C10H15N9O7S. The first kappa shape index (κ1) is 18.7. The molecule has 27 heavy (non-hydrogen) atoms. The quantitative estimate of drug-likeness (QED) is 0.277. The summed E-state index contributed by atoms with van der Waals surface area (Å²) in [7, 11) is -4.87. The van der Waals surface area contributed by atoms with Crippen LogP contribution in [0.5, 0.6) is 0 Å². The van der Waals surface area contributed by atoms with Gasteiger partial charge < -0.3 is 10.6 Å². The molecule has 0 spiro atoms. The summed E-state index contributed by atoms with van der Waals surface area (Å²) in [6.07, 6.45) is 0.453. The third kappa shape index (κ3) is 4.04. The van der Waals surface area contributed by atoms with E-state index in [4.69, 9.17) is 10.3 Å². The lowest BCUT2D eigenvalue weighted by atomic mass is 10.0. The molecule has 16 nitrogen and oxygen atoms in total. The SMILES string of the molecule is Nc1nnnn1CC(=O)NNC(=O)[C@@H]1CC[C@H]2CN1C(=O)N2OS(=O)(=O)O. The van der Waals surface area contributed by atoms with Gasteiger partial charge in [-0.25, -0.2) is 9.48 Å². The molecule has 2 bridgehead atoms. The molecule has 5 N–H and O–H groups in total. The maximum absolute atomic E-state index is 12.3. The summed E-state index contributed by atoms with van der Waals surface area (Å²) in [4.78, 5) is 37.4. The molecular weight excluding hydrogens is 390 g/mol. The van der Waals surface area contributed by atoms with E-state index in [-0.39, 0.29) is 31.9 Å². The van der Waals surface area contributed by atoms with Crippen LogP contribution in [0.25, 0.3) is 0 Å². The number of hydrazine groups is 1. The summed E-state index contributed by atoms with van der Waals surface area (Å²) in [5.41, 5.74) is 9.72. The summed E-state index contributed by atoms with van der Waals surface area (Å²) in [5.74, 6) is -1.44. The number of nitrogens with one attached hydrogen (secondary N) is 2. The number of tetrazole rings is 1. The highest BCUT2D eigenvalue weighted by atomic mass is 32.3. The summed E-state index contributed by atoms with van der Waals surface area (Å²) in [6.45, 7) is -0.313.